The minimum absolute atomic E-state index is 0.0523. The highest BCUT2D eigenvalue weighted by atomic mass is 16.6. The first kappa shape index (κ1) is 14.9. The maximum atomic E-state index is 6.08. The Morgan fingerprint density at radius 2 is 2.43 bits per heavy atom. The first-order chi connectivity index (χ1) is 10.3. The van der Waals surface area contributed by atoms with E-state index in [0.717, 1.165) is 45.4 Å². The monoisotopic (exact) mass is 290 g/mol. The van der Waals surface area contributed by atoms with Gasteiger partial charge >= 0.3 is 0 Å². The highest BCUT2D eigenvalue weighted by Crippen LogP contribution is 2.45. The van der Waals surface area contributed by atoms with Crippen molar-refractivity contribution in [2.75, 3.05) is 19.8 Å². The summed E-state index contributed by atoms with van der Waals surface area (Å²) in [5.41, 5.74) is 2.59. The molecule has 0 radical (unpaired) electrons. The number of nitrogens with one attached hydrogen (secondary N) is 1. The van der Waals surface area contributed by atoms with Crippen LogP contribution >= 0.6 is 0 Å². The minimum atomic E-state index is -0.0523. The summed E-state index contributed by atoms with van der Waals surface area (Å²) in [6.07, 6.45) is 8.49. The van der Waals surface area contributed by atoms with Gasteiger partial charge in [0.15, 0.2) is 0 Å². The third-order valence-corrected chi connectivity index (χ3v) is 4.96. The Hall–Kier alpha value is -0.970. The van der Waals surface area contributed by atoms with Gasteiger partial charge in [-0.2, -0.15) is 0 Å². The highest BCUT2D eigenvalue weighted by Gasteiger charge is 2.58. The molecule has 4 nitrogen and oxygen atoms in total. The maximum Gasteiger partial charge on any atom is 0.110 e. The Morgan fingerprint density at radius 1 is 1.52 bits per heavy atom. The van der Waals surface area contributed by atoms with Gasteiger partial charge in [-0.25, -0.2) is 0 Å². The van der Waals surface area contributed by atoms with Gasteiger partial charge in [-0.1, -0.05) is 0 Å². The van der Waals surface area contributed by atoms with E-state index in [0.29, 0.717) is 6.04 Å². The van der Waals surface area contributed by atoms with Crippen molar-refractivity contribution in [1.29, 1.82) is 0 Å². The van der Waals surface area contributed by atoms with Crippen molar-refractivity contribution in [2.45, 2.75) is 57.3 Å². The van der Waals surface area contributed by atoms with E-state index in [2.05, 4.69) is 30.2 Å². The Labute approximate surface area is 127 Å². The van der Waals surface area contributed by atoms with E-state index in [1.54, 1.807) is 0 Å². The lowest BCUT2D eigenvalue weighted by Crippen LogP contribution is -2.69. The Balaban J connectivity index is 1.53. The smallest absolute Gasteiger partial charge is 0.110 e. The molecular formula is C17H26N2O2. The molecule has 2 aliphatic rings. The fourth-order valence-corrected chi connectivity index (χ4v) is 3.72. The van der Waals surface area contributed by atoms with Crippen molar-refractivity contribution in [1.82, 2.24) is 10.3 Å². The van der Waals surface area contributed by atoms with Gasteiger partial charge in [0, 0.05) is 31.6 Å². The van der Waals surface area contributed by atoms with E-state index in [9.17, 15) is 0 Å². The van der Waals surface area contributed by atoms with Gasteiger partial charge in [0.25, 0.3) is 0 Å². The molecule has 1 aliphatic heterocycles. The number of rotatable bonds is 6. The second-order valence-electron chi connectivity index (χ2n) is 6.15. The quantitative estimate of drug-likeness (QED) is 0.872. The van der Waals surface area contributed by atoms with Gasteiger partial charge in [-0.15, -0.1) is 0 Å². The third-order valence-electron chi connectivity index (χ3n) is 4.96. The second kappa shape index (κ2) is 6.42. The van der Waals surface area contributed by atoms with Crippen LogP contribution in [0.3, 0.4) is 0 Å². The normalized spacial score (nSPS) is 31.5. The number of ether oxygens (including phenoxy) is 2. The molecular weight excluding hydrogens is 264 g/mol. The van der Waals surface area contributed by atoms with Crippen LogP contribution in [0.1, 0.15) is 37.3 Å². The van der Waals surface area contributed by atoms with Crippen molar-refractivity contribution in [3.05, 3.63) is 29.6 Å². The fraction of sp³-hybridized carbons (Fsp3) is 0.706. The van der Waals surface area contributed by atoms with Crippen molar-refractivity contribution in [2.24, 2.45) is 0 Å². The van der Waals surface area contributed by atoms with Gasteiger partial charge in [0.1, 0.15) is 5.60 Å². The summed E-state index contributed by atoms with van der Waals surface area (Å²) in [5, 5.41) is 3.69. The van der Waals surface area contributed by atoms with Crippen LogP contribution < -0.4 is 5.32 Å². The number of hydrogen-bond acceptors (Lipinski definition) is 4. The summed E-state index contributed by atoms with van der Waals surface area (Å²) in [5.74, 6) is 0. The van der Waals surface area contributed by atoms with Crippen molar-refractivity contribution in [3.8, 4) is 0 Å². The molecule has 1 aromatic heterocycles. The molecule has 1 unspecified atom stereocenters. The molecule has 3 atom stereocenters. The Bertz CT molecular complexity index is 472. The van der Waals surface area contributed by atoms with E-state index in [1.807, 2.05) is 12.4 Å². The highest BCUT2D eigenvalue weighted by molar-refractivity contribution is 5.22. The molecule has 4 heteroatoms. The summed E-state index contributed by atoms with van der Waals surface area (Å²) in [7, 11) is 0. The molecule has 116 valence electrons. The molecule has 3 rings (SSSR count). The maximum absolute atomic E-state index is 6.08. The van der Waals surface area contributed by atoms with Crippen molar-refractivity contribution in [3.63, 3.8) is 0 Å². The summed E-state index contributed by atoms with van der Waals surface area (Å²) in [4.78, 5) is 4.15. The molecule has 2 fully saturated rings. The molecule has 1 saturated carbocycles. The molecule has 1 spiro atoms. The number of pyridine rings is 1. The predicted molar refractivity (Wildman–Crippen MR) is 82.4 cm³/mol. The average molecular weight is 290 g/mol. The zero-order chi connectivity index (χ0) is 14.7. The van der Waals surface area contributed by atoms with Gasteiger partial charge in [-0.05, 0) is 63.3 Å². The van der Waals surface area contributed by atoms with Crippen LogP contribution in [0.4, 0.5) is 0 Å². The molecule has 0 amide bonds. The predicted octanol–water partition coefficient (Wildman–Crippen LogP) is 2.25. The van der Waals surface area contributed by atoms with E-state index in [-0.39, 0.29) is 11.7 Å². The molecule has 2 heterocycles. The lowest BCUT2D eigenvalue weighted by molar-refractivity contribution is -0.197. The second-order valence-corrected chi connectivity index (χ2v) is 6.15. The standard InChI is InChI=1S/C17H26N2O2/c1-3-20-16-11-15(17(16)7-4-10-21-17)19-9-6-14-5-8-18-12-13(14)2/h5,8,12,15-16,19H,3-4,6-7,9-11H2,1-2H3/t15?,16-,17-/m1/s1. The Morgan fingerprint density at radius 3 is 3.14 bits per heavy atom. The van der Waals surface area contributed by atoms with Crippen molar-refractivity contribution >= 4 is 0 Å². The summed E-state index contributed by atoms with van der Waals surface area (Å²) in [6, 6.07) is 2.56. The molecule has 1 N–H and O–H groups in total. The molecule has 21 heavy (non-hydrogen) atoms. The molecule has 0 bridgehead atoms. The molecule has 0 aromatic carbocycles. The van der Waals surface area contributed by atoms with Gasteiger partial charge in [0.05, 0.1) is 6.10 Å². The zero-order valence-corrected chi connectivity index (χ0v) is 13.1. The number of aromatic nitrogens is 1. The first-order valence-electron chi connectivity index (χ1n) is 8.14. The van der Waals surface area contributed by atoms with Crippen LogP contribution in [0.25, 0.3) is 0 Å². The van der Waals surface area contributed by atoms with Crippen LogP contribution in [-0.2, 0) is 15.9 Å². The lowest BCUT2D eigenvalue weighted by Gasteiger charge is -2.52. The molecule has 1 aliphatic carbocycles. The van der Waals surface area contributed by atoms with Gasteiger partial charge in [-0.3, -0.25) is 4.98 Å². The van der Waals surface area contributed by atoms with Gasteiger partial charge in [0.2, 0.25) is 0 Å². The fourth-order valence-electron chi connectivity index (χ4n) is 3.72. The molecule has 1 aromatic rings. The summed E-state index contributed by atoms with van der Waals surface area (Å²) < 4.78 is 11.9. The topological polar surface area (TPSA) is 43.4 Å². The van der Waals surface area contributed by atoms with E-state index in [4.69, 9.17) is 9.47 Å². The van der Waals surface area contributed by atoms with E-state index < -0.39 is 0 Å². The van der Waals surface area contributed by atoms with E-state index >= 15 is 0 Å². The summed E-state index contributed by atoms with van der Waals surface area (Å²) in [6.45, 7) is 6.83. The van der Waals surface area contributed by atoms with Crippen LogP contribution in [-0.4, -0.2) is 42.5 Å². The largest absolute Gasteiger partial charge is 0.375 e. The Kier molecular flexibility index (Phi) is 4.57. The van der Waals surface area contributed by atoms with Gasteiger partial charge < -0.3 is 14.8 Å². The third kappa shape index (κ3) is 2.85. The minimum Gasteiger partial charge on any atom is -0.375 e. The number of aryl methyl sites for hydroxylation is 1. The van der Waals surface area contributed by atoms with E-state index in [1.165, 1.54) is 11.1 Å². The lowest BCUT2D eigenvalue weighted by atomic mass is 9.70. The molecule has 1 saturated heterocycles. The first-order valence-corrected chi connectivity index (χ1v) is 8.14. The van der Waals surface area contributed by atoms with Crippen molar-refractivity contribution < 1.29 is 9.47 Å². The summed E-state index contributed by atoms with van der Waals surface area (Å²) >= 11 is 0. The SMILES string of the molecule is CCO[C@@H]1CC(NCCc2ccncc2C)[C@]12CCCO2. The van der Waals surface area contributed by atoms with Crippen LogP contribution in [0.2, 0.25) is 0 Å². The zero-order valence-electron chi connectivity index (χ0n) is 13.1. The van der Waals surface area contributed by atoms with Crippen LogP contribution in [0.15, 0.2) is 18.5 Å². The number of hydrogen-bond donors (Lipinski definition) is 1. The van der Waals surface area contributed by atoms with Crippen LogP contribution in [0.5, 0.6) is 0 Å². The number of nitrogens with zero attached hydrogens (tertiary/aromatic N) is 1. The van der Waals surface area contributed by atoms with Crippen LogP contribution in [0, 0.1) is 6.92 Å². The average Bonchev–Trinajstić information content (AvgIpc) is 3.00.